The molecule has 0 radical (unpaired) electrons. The standard InChI is InChI=1S/C16H22F3N3O/c1-13-4-2-3-5-14(13)10-21-6-8-22(9-7-21)11-15(23)20-12-16(17,18)19/h2-5H,6-12H2,1H3,(H,20,23)/p+2. The highest BCUT2D eigenvalue weighted by Gasteiger charge is 2.29. The Hall–Kier alpha value is -1.60. The van der Waals surface area contributed by atoms with Gasteiger partial charge in [0.15, 0.2) is 6.54 Å². The van der Waals surface area contributed by atoms with E-state index in [1.807, 2.05) is 17.4 Å². The molecule has 0 aromatic heterocycles. The lowest BCUT2D eigenvalue weighted by Gasteiger charge is -2.29. The topological polar surface area (TPSA) is 38.0 Å². The van der Waals surface area contributed by atoms with Crippen molar-refractivity contribution >= 4 is 5.91 Å². The molecule has 2 rings (SSSR count). The molecule has 1 saturated heterocycles. The first kappa shape index (κ1) is 17.7. The van der Waals surface area contributed by atoms with Gasteiger partial charge in [0.05, 0.1) is 0 Å². The van der Waals surface area contributed by atoms with Crippen LogP contribution in [-0.2, 0) is 11.3 Å². The molecule has 1 aliphatic rings. The molecule has 0 bridgehead atoms. The van der Waals surface area contributed by atoms with Crippen molar-refractivity contribution < 1.29 is 27.8 Å². The molecule has 0 saturated carbocycles. The van der Waals surface area contributed by atoms with E-state index in [1.54, 1.807) is 0 Å². The largest absolute Gasteiger partial charge is 0.405 e. The van der Waals surface area contributed by atoms with Crippen LogP contribution < -0.4 is 15.1 Å². The van der Waals surface area contributed by atoms with Crippen LogP contribution in [0.5, 0.6) is 0 Å². The van der Waals surface area contributed by atoms with Crippen LogP contribution in [0.15, 0.2) is 24.3 Å². The molecule has 3 N–H and O–H groups in total. The van der Waals surface area contributed by atoms with Gasteiger partial charge in [-0.1, -0.05) is 24.3 Å². The summed E-state index contributed by atoms with van der Waals surface area (Å²) in [5.41, 5.74) is 2.61. The molecule has 0 aliphatic carbocycles. The van der Waals surface area contributed by atoms with Gasteiger partial charge >= 0.3 is 6.18 Å². The molecule has 7 heteroatoms. The Balaban J connectivity index is 1.72. The highest BCUT2D eigenvalue weighted by atomic mass is 19.4. The minimum atomic E-state index is -4.35. The number of carbonyl (C=O) groups is 1. The molecule has 0 unspecified atom stereocenters. The van der Waals surface area contributed by atoms with Gasteiger partial charge in [0, 0.05) is 5.56 Å². The highest BCUT2D eigenvalue weighted by Crippen LogP contribution is 2.11. The van der Waals surface area contributed by atoms with Crippen LogP contribution in [0.25, 0.3) is 0 Å². The van der Waals surface area contributed by atoms with E-state index in [0.29, 0.717) is 0 Å². The first-order chi connectivity index (χ1) is 10.8. The second-order valence-corrected chi connectivity index (χ2v) is 6.17. The number of rotatable bonds is 5. The third-order valence-electron chi connectivity index (χ3n) is 4.26. The maximum atomic E-state index is 12.1. The number of alkyl halides is 3. The minimum absolute atomic E-state index is 0.119. The third kappa shape index (κ3) is 6.19. The summed E-state index contributed by atoms with van der Waals surface area (Å²) in [6, 6.07) is 8.29. The van der Waals surface area contributed by atoms with Gasteiger partial charge in [-0.3, -0.25) is 4.79 Å². The fourth-order valence-corrected chi connectivity index (χ4v) is 2.88. The summed E-state index contributed by atoms with van der Waals surface area (Å²) in [5.74, 6) is -0.528. The first-order valence-corrected chi connectivity index (χ1v) is 7.88. The molecule has 0 spiro atoms. The van der Waals surface area contributed by atoms with Gasteiger partial charge in [-0.25, -0.2) is 0 Å². The summed E-state index contributed by atoms with van der Waals surface area (Å²) in [6.45, 7) is 5.40. The van der Waals surface area contributed by atoms with Crippen molar-refractivity contribution in [3.63, 3.8) is 0 Å². The van der Waals surface area contributed by atoms with Crippen molar-refractivity contribution in [2.24, 2.45) is 0 Å². The van der Waals surface area contributed by atoms with Gasteiger partial charge in [0.25, 0.3) is 5.91 Å². The quantitative estimate of drug-likeness (QED) is 0.633. The fourth-order valence-electron chi connectivity index (χ4n) is 2.88. The van der Waals surface area contributed by atoms with Crippen molar-refractivity contribution in [2.45, 2.75) is 19.6 Å². The van der Waals surface area contributed by atoms with Gasteiger partial charge in [-0.05, 0) is 12.5 Å². The molecule has 1 aliphatic heterocycles. The summed E-state index contributed by atoms with van der Waals surface area (Å²) in [7, 11) is 0. The molecular formula is C16H24F3N3O+2. The number of benzene rings is 1. The maximum Gasteiger partial charge on any atom is 0.405 e. The number of hydrogen-bond acceptors (Lipinski definition) is 1. The van der Waals surface area contributed by atoms with Crippen molar-refractivity contribution in [1.82, 2.24) is 5.32 Å². The van der Waals surface area contributed by atoms with Crippen LogP contribution in [0.3, 0.4) is 0 Å². The fraction of sp³-hybridized carbons (Fsp3) is 0.562. The van der Waals surface area contributed by atoms with Gasteiger partial charge < -0.3 is 15.1 Å². The molecule has 1 aromatic rings. The zero-order chi connectivity index (χ0) is 16.9. The summed E-state index contributed by atoms with van der Waals surface area (Å²) in [6.07, 6.45) is -4.35. The Bertz CT molecular complexity index is 526. The maximum absolute atomic E-state index is 12.1. The summed E-state index contributed by atoms with van der Waals surface area (Å²) >= 11 is 0. The Morgan fingerprint density at radius 3 is 2.35 bits per heavy atom. The predicted octanol–water partition coefficient (Wildman–Crippen LogP) is -1.04. The van der Waals surface area contributed by atoms with Crippen LogP contribution >= 0.6 is 0 Å². The number of nitrogens with one attached hydrogen (secondary N) is 3. The Kier molecular flexibility index (Phi) is 6.01. The molecular weight excluding hydrogens is 307 g/mol. The van der Waals surface area contributed by atoms with Crippen molar-refractivity contribution in [3.05, 3.63) is 35.4 Å². The number of aryl methyl sites for hydroxylation is 1. The van der Waals surface area contributed by atoms with E-state index in [4.69, 9.17) is 0 Å². The number of halogens is 3. The van der Waals surface area contributed by atoms with E-state index in [2.05, 4.69) is 19.1 Å². The highest BCUT2D eigenvalue weighted by molar-refractivity contribution is 5.76. The van der Waals surface area contributed by atoms with Gasteiger partial charge in [-0.2, -0.15) is 13.2 Å². The summed E-state index contributed by atoms with van der Waals surface area (Å²) < 4.78 is 36.2. The molecule has 128 valence electrons. The first-order valence-electron chi connectivity index (χ1n) is 7.88. The van der Waals surface area contributed by atoms with E-state index in [-0.39, 0.29) is 6.54 Å². The smallest absolute Gasteiger partial charge is 0.342 e. The normalized spacial score (nSPS) is 21.9. The lowest BCUT2D eigenvalue weighted by molar-refractivity contribution is -1.02. The second-order valence-electron chi connectivity index (χ2n) is 6.17. The van der Waals surface area contributed by atoms with Gasteiger partial charge in [-0.15, -0.1) is 0 Å². The van der Waals surface area contributed by atoms with E-state index in [1.165, 1.54) is 16.0 Å². The zero-order valence-electron chi connectivity index (χ0n) is 13.3. The lowest BCUT2D eigenvalue weighted by atomic mass is 10.1. The van der Waals surface area contributed by atoms with E-state index < -0.39 is 18.6 Å². The molecule has 23 heavy (non-hydrogen) atoms. The zero-order valence-corrected chi connectivity index (χ0v) is 13.3. The predicted molar refractivity (Wildman–Crippen MR) is 80.2 cm³/mol. The molecule has 1 heterocycles. The average molecular weight is 331 g/mol. The van der Waals surface area contributed by atoms with E-state index >= 15 is 0 Å². The molecule has 4 nitrogen and oxygen atoms in total. The number of quaternary nitrogens is 2. The second kappa shape index (κ2) is 7.79. The van der Waals surface area contributed by atoms with Gasteiger partial charge in [0.2, 0.25) is 0 Å². The average Bonchev–Trinajstić information content (AvgIpc) is 2.49. The van der Waals surface area contributed by atoms with Crippen LogP contribution in [0.4, 0.5) is 13.2 Å². The van der Waals surface area contributed by atoms with Crippen LogP contribution in [0, 0.1) is 6.92 Å². The summed E-state index contributed by atoms with van der Waals surface area (Å²) in [4.78, 5) is 14.0. The monoisotopic (exact) mass is 331 g/mol. The number of hydrogen-bond donors (Lipinski definition) is 3. The van der Waals surface area contributed by atoms with E-state index in [0.717, 1.165) is 37.6 Å². The van der Waals surface area contributed by atoms with Crippen molar-refractivity contribution in [1.29, 1.82) is 0 Å². The van der Waals surface area contributed by atoms with E-state index in [9.17, 15) is 18.0 Å². The van der Waals surface area contributed by atoms with Crippen LogP contribution in [0.2, 0.25) is 0 Å². The third-order valence-corrected chi connectivity index (χ3v) is 4.26. The Labute approximate surface area is 134 Å². The Morgan fingerprint density at radius 2 is 1.74 bits per heavy atom. The molecule has 0 atom stereocenters. The Morgan fingerprint density at radius 1 is 1.13 bits per heavy atom. The number of piperazine rings is 1. The SMILES string of the molecule is Cc1ccccc1C[NH+]1CC[NH+](CC(=O)NCC(F)(F)F)CC1. The molecule has 1 amide bonds. The number of amides is 1. The van der Waals surface area contributed by atoms with Crippen LogP contribution in [0.1, 0.15) is 11.1 Å². The van der Waals surface area contributed by atoms with Crippen molar-refractivity contribution in [3.8, 4) is 0 Å². The minimum Gasteiger partial charge on any atom is -0.342 e. The van der Waals surface area contributed by atoms with Crippen LogP contribution in [-0.4, -0.2) is 51.4 Å². The lowest BCUT2D eigenvalue weighted by Crippen LogP contribution is -3.28. The van der Waals surface area contributed by atoms with Gasteiger partial charge in [0.1, 0.15) is 39.3 Å². The summed E-state index contributed by atoms with van der Waals surface area (Å²) in [5, 5.41) is 1.94. The molecule has 1 fully saturated rings. The number of carbonyl (C=O) groups excluding carboxylic acids is 1. The van der Waals surface area contributed by atoms with Crippen molar-refractivity contribution in [2.75, 3.05) is 39.3 Å². The molecule has 1 aromatic carbocycles.